The van der Waals surface area contributed by atoms with Crippen LogP contribution in [-0.4, -0.2) is 48.0 Å². The second kappa shape index (κ2) is 6.82. The maximum absolute atomic E-state index is 13.1. The number of nitrogens with two attached hydrogens (primary N) is 1. The van der Waals surface area contributed by atoms with Gasteiger partial charge in [-0.3, -0.25) is 4.79 Å². The number of para-hydroxylation sites is 2. The number of hydrogen-bond donors (Lipinski definition) is 1. The lowest BCUT2D eigenvalue weighted by Crippen LogP contribution is -2.53. The minimum absolute atomic E-state index is 0.177. The number of piperazine rings is 1. The molecule has 0 spiro atoms. The molecule has 6 nitrogen and oxygen atoms in total. The molecule has 5 rings (SSSR count). The first-order valence-corrected chi connectivity index (χ1v) is 10.3. The fourth-order valence-electron chi connectivity index (χ4n) is 5.36. The minimum atomic E-state index is 0.177. The standard InChI is InChI=1S/C21H28N4O2/c22-19-14-4-3-5-15(19)13-16(12-14)20(26)24-8-10-25(11-9-24)21-23-17-6-1-2-7-18(17)27-21/h1-2,6-7,14-16,19H,3-5,8-13,22H2. The third-order valence-electron chi connectivity index (χ3n) is 6.91. The van der Waals surface area contributed by atoms with Gasteiger partial charge < -0.3 is 20.0 Å². The summed E-state index contributed by atoms with van der Waals surface area (Å²) in [5.74, 6) is 1.62. The molecule has 1 aromatic carbocycles. The molecule has 2 atom stereocenters. The van der Waals surface area contributed by atoms with Gasteiger partial charge >= 0.3 is 0 Å². The summed E-state index contributed by atoms with van der Waals surface area (Å²) in [6, 6.07) is 8.82. The van der Waals surface area contributed by atoms with Crippen molar-refractivity contribution in [2.45, 2.75) is 38.1 Å². The lowest BCUT2D eigenvalue weighted by Gasteiger charge is -2.45. The average Bonchev–Trinajstić information content (AvgIpc) is 3.12. The molecular formula is C21H28N4O2. The van der Waals surface area contributed by atoms with Crippen LogP contribution in [0.15, 0.2) is 28.7 Å². The van der Waals surface area contributed by atoms with Crippen molar-refractivity contribution in [1.82, 2.24) is 9.88 Å². The molecule has 2 unspecified atom stereocenters. The molecule has 2 bridgehead atoms. The number of fused-ring (bicyclic) bond motifs is 3. The molecule has 27 heavy (non-hydrogen) atoms. The number of amides is 1. The summed E-state index contributed by atoms with van der Waals surface area (Å²) >= 11 is 0. The average molecular weight is 368 g/mol. The number of nitrogens with zero attached hydrogens (tertiary/aromatic N) is 3. The lowest BCUT2D eigenvalue weighted by atomic mass is 9.65. The van der Waals surface area contributed by atoms with Crippen molar-refractivity contribution in [3.05, 3.63) is 24.3 Å². The summed E-state index contributed by atoms with van der Waals surface area (Å²) in [6.07, 6.45) is 5.66. The molecule has 0 radical (unpaired) electrons. The Morgan fingerprint density at radius 1 is 1.07 bits per heavy atom. The molecule has 1 amide bonds. The zero-order chi connectivity index (χ0) is 18.4. The Bertz CT molecular complexity index is 779. The summed E-state index contributed by atoms with van der Waals surface area (Å²) in [6.45, 7) is 3.04. The predicted octanol–water partition coefficient (Wildman–Crippen LogP) is 2.63. The summed E-state index contributed by atoms with van der Waals surface area (Å²) < 4.78 is 5.88. The number of benzene rings is 1. The van der Waals surface area contributed by atoms with Crippen LogP contribution in [0.2, 0.25) is 0 Å². The van der Waals surface area contributed by atoms with Gasteiger partial charge in [-0.15, -0.1) is 0 Å². The van der Waals surface area contributed by atoms with E-state index in [1.54, 1.807) is 0 Å². The zero-order valence-corrected chi connectivity index (χ0v) is 15.7. The zero-order valence-electron chi connectivity index (χ0n) is 15.7. The highest BCUT2D eigenvalue weighted by Crippen LogP contribution is 2.42. The van der Waals surface area contributed by atoms with Crippen molar-refractivity contribution >= 4 is 23.0 Å². The lowest BCUT2D eigenvalue weighted by molar-refractivity contribution is -0.139. The van der Waals surface area contributed by atoms with E-state index in [0.717, 1.165) is 50.1 Å². The van der Waals surface area contributed by atoms with Crippen LogP contribution in [-0.2, 0) is 4.79 Å². The van der Waals surface area contributed by atoms with E-state index in [1.165, 1.54) is 19.3 Å². The molecule has 6 heteroatoms. The van der Waals surface area contributed by atoms with Crippen molar-refractivity contribution in [3.63, 3.8) is 0 Å². The van der Waals surface area contributed by atoms with Crippen molar-refractivity contribution in [2.24, 2.45) is 23.5 Å². The molecule has 2 N–H and O–H groups in total. The molecule has 3 aliphatic rings. The highest BCUT2D eigenvalue weighted by molar-refractivity contribution is 5.79. The van der Waals surface area contributed by atoms with Gasteiger partial charge in [0, 0.05) is 38.1 Å². The Morgan fingerprint density at radius 3 is 2.48 bits per heavy atom. The first-order valence-electron chi connectivity index (χ1n) is 10.3. The number of aromatic nitrogens is 1. The van der Waals surface area contributed by atoms with Crippen molar-refractivity contribution < 1.29 is 9.21 Å². The second-order valence-electron chi connectivity index (χ2n) is 8.47. The Kier molecular flexibility index (Phi) is 4.31. The highest BCUT2D eigenvalue weighted by Gasteiger charge is 2.42. The number of rotatable bonds is 2. The largest absolute Gasteiger partial charge is 0.423 e. The summed E-state index contributed by atoms with van der Waals surface area (Å²) in [7, 11) is 0. The molecule has 2 heterocycles. The van der Waals surface area contributed by atoms with Crippen molar-refractivity contribution in [1.29, 1.82) is 0 Å². The van der Waals surface area contributed by atoms with Gasteiger partial charge in [0.1, 0.15) is 5.52 Å². The summed E-state index contributed by atoms with van der Waals surface area (Å²) in [4.78, 5) is 21.9. The van der Waals surface area contributed by atoms with E-state index < -0.39 is 0 Å². The van der Waals surface area contributed by atoms with E-state index in [2.05, 4.69) is 14.8 Å². The Morgan fingerprint density at radius 2 is 1.78 bits per heavy atom. The van der Waals surface area contributed by atoms with Crippen LogP contribution in [0.5, 0.6) is 0 Å². The van der Waals surface area contributed by atoms with E-state index in [0.29, 0.717) is 29.8 Å². The van der Waals surface area contributed by atoms with Crippen LogP contribution in [0.4, 0.5) is 6.01 Å². The monoisotopic (exact) mass is 368 g/mol. The summed E-state index contributed by atoms with van der Waals surface area (Å²) in [5, 5.41) is 0. The molecule has 144 valence electrons. The third kappa shape index (κ3) is 3.10. The van der Waals surface area contributed by atoms with Crippen molar-refractivity contribution in [3.8, 4) is 0 Å². The van der Waals surface area contributed by atoms with Gasteiger partial charge in [0.2, 0.25) is 5.91 Å². The van der Waals surface area contributed by atoms with Crippen LogP contribution in [0.3, 0.4) is 0 Å². The van der Waals surface area contributed by atoms with Gasteiger partial charge in [-0.2, -0.15) is 4.98 Å². The van der Waals surface area contributed by atoms with Gasteiger partial charge in [-0.05, 0) is 49.7 Å². The molecule has 1 saturated heterocycles. The van der Waals surface area contributed by atoms with Gasteiger partial charge in [0.15, 0.2) is 5.58 Å². The first-order chi connectivity index (χ1) is 13.2. The minimum Gasteiger partial charge on any atom is -0.423 e. The Balaban J connectivity index is 1.22. The highest BCUT2D eigenvalue weighted by atomic mass is 16.4. The SMILES string of the molecule is NC1C2CCCC1CC(C(=O)N1CCN(c3nc4ccccc4o3)CC1)C2. The van der Waals surface area contributed by atoms with Crippen LogP contribution in [0.1, 0.15) is 32.1 Å². The van der Waals surface area contributed by atoms with Gasteiger partial charge in [0.05, 0.1) is 0 Å². The molecule has 2 aromatic rings. The maximum Gasteiger partial charge on any atom is 0.298 e. The molecule has 1 aromatic heterocycles. The molecular weight excluding hydrogens is 340 g/mol. The van der Waals surface area contributed by atoms with E-state index in [9.17, 15) is 4.79 Å². The van der Waals surface area contributed by atoms with Gasteiger partial charge in [0.25, 0.3) is 6.01 Å². The van der Waals surface area contributed by atoms with E-state index >= 15 is 0 Å². The fourth-order valence-corrected chi connectivity index (χ4v) is 5.36. The Hall–Kier alpha value is -2.08. The molecule has 2 aliphatic carbocycles. The van der Waals surface area contributed by atoms with Crippen LogP contribution >= 0.6 is 0 Å². The number of anilines is 1. The molecule has 1 aliphatic heterocycles. The van der Waals surface area contributed by atoms with Gasteiger partial charge in [-0.1, -0.05) is 18.6 Å². The maximum atomic E-state index is 13.1. The van der Waals surface area contributed by atoms with Gasteiger partial charge in [-0.25, -0.2) is 0 Å². The second-order valence-corrected chi connectivity index (χ2v) is 8.47. The summed E-state index contributed by atoms with van der Waals surface area (Å²) in [5.41, 5.74) is 8.09. The topological polar surface area (TPSA) is 75.6 Å². The Labute approximate surface area is 159 Å². The molecule has 2 saturated carbocycles. The third-order valence-corrected chi connectivity index (χ3v) is 6.91. The van der Waals surface area contributed by atoms with E-state index in [1.807, 2.05) is 24.3 Å². The van der Waals surface area contributed by atoms with Crippen LogP contribution in [0, 0.1) is 17.8 Å². The quantitative estimate of drug-likeness (QED) is 0.882. The predicted molar refractivity (Wildman–Crippen MR) is 104 cm³/mol. The fraction of sp³-hybridized carbons (Fsp3) is 0.619. The number of carbonyl (C=O) groups is 1. The number of carbonyl (C=O) groups excluding carboxylic acids is 1. The van der Waals surface area contributed by atoms with E-state index in [-0.39, 0.29) is 5.92 Å². The normalized spacial score (nSPS) is 31.3. The van der Waals surface area contributed by atoms with Crippen LogP contribution in [0.25, 0.3) is 11.1 Å². The number of oxazole rings is 1. The van der Waals surface area contributed by atoms with Crippen LogP contribution < -0.4 is 10.6 Å². The van der Waals surface area contributed by atoms with E-state index in [4.69, 9.17) is 10.2 Å². The number of hydrogen-bond acceptors (Lipinski definition) is 5. The van der Waals surface area contributed by atoms with Crippen molar-refractivity contribution in [2.75, 3.05) is 31.1 Å². The smallest absolute Gasteiger partial charge is 0.298 e. The molecule has 3 fully saturated rings. The first kappa shape index (κ1) is 17.0.